The number of fused-ring (bicyclic) bond motifs is 1. The zero-order chi connectivity index (χ0) is 10.8. The van der Waals surface area contributed by atoms with Crippen LogP contribution in [0.4, 0.5) is 5.69 Å². The van der Waals surface area contributed by atoms with Gasteiger partial charge in [0.2, 0.25) is 6.08 Å². The highest BCUT2D eigenvalue weighted by atomic mass is 16.1. The summed E-state index contributed by atoms with van der Waals surface area (Å²) < 4.78 is 2.15. The molecular weight excluding hydrogens is 188 g/mol. The second-order valence-electron chi connectivity index (χ2n) is 3.73. The number of isocyanates is 1. The van der Waals surface area contributed by atoms with E-state index in [1.165, 1.54) is 0 Å². The van der Waals surface area contributed by atoms with Crippen LogP contribution < -0.4 is 0 Å². The van der Waals surface area contributed by atoms with Crippen molar-refractivity contribution in [3.05, 3.63) is 30.5 Å². The van der Waals surface area contributed by atoms with E-state index < -0.39 is 0 Å². The van der Waals surface area contributed by atoms with Crippen molar-refractivity contribution in [2.45, 2.75) is 19.9 Å². The first-order chi connectivity index (χ1) is 7.24. The minimum Gasteiger partial charge on any atom is -0.345 e. The highest BCUT2D eigenvalue weighted by molar-refractivity contribution is 5.91. The van der Waals surface area contributed by atoms with E-state index in [0.29, 0.717) is 11.7 Å². The summed E-state index contributed by atoms with van der Waals surface area (Å²) in [5.41, 5.74) is 1.78. The molecule has 0 aliphatic heterocycles. The Morgan fingerprint density at radius 3 is 2.80 bits per heavy atom. The van der Waals surface area contributed by atoms with Crippen molar-refractivity contribution in [1.82, 2.24) is 4.57 Å². The van der Waals surface area contributed by atoms with Crippen LogP contribution in [0.5, 0.6) is 0 Å². The maximum absolute atomic E-state index is 10.3. The molecule has 2 aromatic rings. The lowest BCUT2D eigenvalue weighted by Crippen LogP contribution is -1.97. The third-order valence-electron chi connectivity index (χ3n) is 2.46. The summed E-state index contributed by atoms with van der Waals surface area (Å²) in [7, 11) is 0. The summed E-state index contributed by atoms with van der Waals surface area (Å²) in [6, 6.07) is 8.12. The van der Waals surface area contributed by atoms with Crippen LogP contribution in [-0.4, -0.2) is 10.6 Å². The molecule has 0 radical (unpaired) electrons. The number of nitrogens with zero attached hydrogens (tertiary/aromatic N) is 2. The molecule has 0 bridgehead atoms. The Bertz CT molecular complexity index is 534. The summed E-state index contributed by atoms with van der Waals surface area (Å²) in [5, 5.41) is 0.995. The molecule has 1 aromatic heterocycles. The third-order valence-corrected chi connectivity index (χ3v) is 2.46. The van der Waals surface area contributed by atoms with Gasteiger partial charge in [-0.2, -0.15) is 4.99 Å². The van der Waals surface area contributed by atoms with Gasteiger partial charge in [-0.15, -0.1) is 0 Å². The predicted octanol–water partition coefficient (Wildman–Crippen LogP) is 3.19. The van der Waals surface area contributed by atoms with E-state index in [-0.39, 0.29) is 0 Å². The van der Waals surface area contributed by atoms with Gasteiger partial charge in [-0.1, -0.05) is 6.07 Å². The minimum atomic E-state index is 0.401. The molecule has 2 rings (SSSR count). The van der Waals surface area contributed by atoms with Crippen molar-refractivity contribution >= 4 is 22.7 Å². The number of aliphatic imine (C=N–C) groups is 1. The van der Waals surface area contributed by atoms with E-state index in [1.807, 2.05) is 30.5 Å². The lowest BCUT2D eigenvalue weighted by Gasteiger charge is -2.08. The van der Waals surface area contributed by atoms with E-state index in [4.69, 9.17) is 0 Å². The van der Waals surface area contributed by atoms with E-state index >= 15 is 0 Å². The fourth-order valence-corrected chi connectivity index (χ4v) is 1.77. The summed E-state index contributed by atoms with van der Waals surface area (Å²) in [6.45, 7) is 4.24. The maximum Gasteiger partial charge on any atom is 0.240 e. The van der Waals surface area contributed by atoms with Crippen molar-refractivity contribution in [3.8, 4) is 0 Å². The maximum atomic E-state index is 10.3. The monoisotopic (exact) mass is 200 g/mol. The van der Waals surface area contributed by atoms with Crippen molar-refractivity contribution < 1.29 is 4.79 Å². The average molecular weight is 200 g/mol. The number of carbonyl (C=O) groups excluding carboxylic acids is 1. The molecule has 0 unspecified atom stereocenters. The molecule has 0 fully saturated rings. The Morgan fingerprint density at radius 2 is 2.13 bits per heavy atom. The van der Waals surface area contributed by atoms with Gasteiger partial charge in [-0.25, -0.2) is 4.79 Å². The van der Waals surface area contributed by atoms with E-state index in [9.17, 15) is 4.79 Å². The smallest absolute Gasteiger partial charge is 0.240 e. The first kappa shape index (κ1) is 9.69. The van der Waals surface area contributed by atoms with Crippen molar-refractivity contribution in [1.29, 1.82) is 0 Å². The molecule has 0 saturated heterocycles. The van der Waals surface area contributed by atoms with Crippen LogP contribution in [-0.2, 0) is 4.79 Å². The average Bonchev–Trinajstić information content (AvgIpc) is 2.62. The number of rotatable bonds is 2. The first-order valence-electron chi connectivity index (χ1n) is 4.91. The lowest BCUT2D eigenvalue weighted by atomic mass is 10.2. The van der Waals surface area contributed by atoms with Crippen LogP contribution >= 0.6 is 0 Å². The highest BCUT2D eigenvalue weighted by Gasteiger charge is 2.06. The van der Waals surface area contributed by atoms with Gasteiger partial charge in [0.05, 0.1) is 11.2 Å². The van der Waals surface area contributed by atoms with E-state index in [0.717, 1.165) is 10.9 Å². The third kappa shape index (κ3) is 1.58. The van der Waals surface area contributed by atoms with Gasteiger partial charge in [0.15, 0.2) is 0 Å². The molecule has 0 spiro atoms. The molecule has 0 aliphatic carbocycles. The van der Waals surface area contributed by atoms with E-state index in [2.05, 4.69) is 23.4 Å². The van der Waals surface area contributed by atoms with Crippen LogP contribution in [0.15, 0.2) is 35.5 Å². The molecule has 0 atom stereocenters. The van der Waals surface area contributed by atoms with Crippen LogP contribution in [0.25, 0.3) is 10.9 Å². The van der Waals surface area contributed by atoms with Crippen molar-refractivity contribution in [3.63, 3.8) is 0 Å². The zero-order valence-corrected chi connectivity index (χ0v) is 8.77. The largest absolute Gasteiger partial charge is 0.345 e. The van der Waals surface area contributed by atoms with Crippen LogP contribution in [0, 0.1) is 0 Å². The molecule has 0 aliphatic rings. The number of hydrogen-bond donors (Lipinski definition) is 0. The normalized spacial score (nSPS) is 10.6. The SMILES string of the molecule is CC(C)n1ccc2c(N=C=O)cccc21. The fourth-order valence-electron chi connectivity index (χ4n) is 1.77. The zero-order valence-electron chi connectivity index (χ0n) is 8.77. The lowest BCUT2D eigenvalue weighted by molar-refractivity contribution is 0.565. The highest BCUT2D eigenvalue weighted by Crippen LogP contribution is 2.28. The number of aromatic nitrogens is 1. The molecule has 0 saturated carbocycles. The minimum absolute atomic E-state index is 0.401. The van der Waals surface area contributed by atoms with Crippen molar-refractivity contribution in [2.75, 3.05) is 0 Å². The molecule has 3 nitrogen and oxygen atoms in total. The molecule has 3 heteroatoms. The van der Waals surface area contributed by atoms with Gasteiger partial charge in [-0.05, 0) is 32.0 Å². The van der Waals surface area contributed by atoms with Gasteiger partial charge in [0.1, 0.15) is 0 Å². The molecule has 1 aromatic carbocycles. The van der Waals surface area contributed by atoms with Gasteiger partial charge < -0.3 is 4.57 Å². The van der Waals surface area contributed by atoms with Gasteiger partial charge >= 0.3 is 0 Å². The van der Waals surface area contributed by atoms with Crippen LogP contribution in [0.2, 0.25) is 0 Å². The van der Waals surface area contributed by atoms with Gasteiger partial charge in [0, 0.05) is 17.6 Å². The fraction of sp³-hybridized carbons (Fsp3) is 0.250. The second-order valence-corrected chi connectivity index (χ2v) is 3.73. The molecular formula is C12H12N2O. The van der Waals surface area contributed by atoms with Gasteiger partial charge in [-0.3, -0.25) is 0 Å². The topological polar surface area (TPSA) is 34.4 Å². The second kappa shape index (κ2) is 3.71. The summed E-state index contributed by atoms with van der Waals surface area (Å²) in [6.07, 6.45) is 3.59. The van der Waals surface area contributed by atoms with Crippen molar-refractivity contribution in [2.24, 2.45) is 4.99 Å². The molecule has 0 N–H and O–H groups in total. The molecule has 76 valence electrons. The Kier molecular flexibility index (Phi) is 2.40. The molecule has 0 amide bonds. The van der Waals surface area contributed by atoms with Crippen LogP contribution in [0.3, 0.4) is 0 Å². The Morgan fingerprint density at radius 1 is 1.33 bits per heavy atom. The first-order valence-corrected chi connectivity index (χ1v) is 4.91. The quantitative estimate of drug-likeness (QED) is 0.541. The van der Waals surface area contributed by atoms with Gasteiger partial charge in [0.25, 0.3) is 0 Å². The number of hydrogen-bond acceptors (Lipinski definition) is 2. The molecule has 15 heavy (non-hydrogen) atoms. The standard InChI is InChI=1S/C12H12N2O/c1-9(2)14-7-6-10-11(13-8-15)4-3-5-12(10)14/h3-7,9H,1-2H3. The Balaban J connectivity index is 2.73. The summed E-state index contributed by atoms with van der Waals surface area (Å²) in [5.74, 6) is 0. The summed E-state index contributed by atoms with van der Waals surface area (Å²) >= 11 is 0. The number of benzene rings is 1. The Hall–Kier alpha value is -1.86. The van der Waals surface area contributed by atoms with Crippen LogP contribution in [0.1, 0.15) is 19.9 Å². The predicted molar refractivity (Wildman–Crippen MR) is 60.1 cm³/mol. The molecule has 1 heterocycles. The summed E-state index contributed by atoms with van der Waals surface area (Å²) in [4.78, 5) is 13.9. The van der Waals surface area contributed by atoms with E-state index in [1.54, 1.807) is 6.08 Å². The Labute approximate surface area is 88.0 Å².